The fraction of sp³-hybridized carbons (Fsp3) is 0.0625. The molecule has 0 saturated heterocycles. The molecule has 0 atom stereocenters. The van der Waals surface area contributed by atoms with Gasteiger partial charge in [-0.3, -0.25) is 0 Å². The molecule has 0 aliphatic heterocycles. The van der Waals surface area contributed by atoms with Crippen LogP contribution in [0.1, 0.15) is 5.56 Å². The highest BCUT2D eigenvalue weighted by Gasteiger charge is 2.04. The number of anilines is 1. The third kappa shape index (κ3) is 3.35. The van der Waals surface area contributed by atoms with Crippen LogP contribution in [-0.2, 0) is 6.54 Å². The summed E-state index contributed by atoms with van der Waals surface area (Å²) in [5.41, 5.74) is 2.81. The van der Waals surface area contributed by atoms with Gasteiger partial charge in [-0.1, -0.05) is 23.7 Å². The number of hydrogen-bond acceptors (Lipinski definition) is 4. The van der Waals surface area contributed by atoms with Gasteiger partial charge in [0.1, 0.15) is 10.8 Å². The fourth-order valence-electron chi connectivity index (χ4n) is 2.02. The summed E-state index contributed by atoms with van der Waals surface area (Å²) in [6, 6.07) is 13.1. The molecular weight excluding hydrogens is 304 g/mol. The number of benzene rings is 2. The lowest BCUT2D eigenvalue weighted by Crippen LogP contribution is -1.99. The molecule has 0 unspecified atom stereocenters. The van der Waals surface area contributed by atoms with Gasteiger partial charge in [0, 0.05) is 40.0 Å². The zero-order chi connectivity index (χ0) is 14.7. The van der Waals surface area contributed by atoms with E-state index in [9.17, 15) is 5.11 Å². The van der Waals surface area contributed by atoms with E-state index in [1.807, 2.05) is 29.6 Å². The first-order valence-corrected chi connectivity index (χ1v) is 7.69. The SMILES string of the molecule is Oc1ccc(Cl)cc1CNc1cccc(-c2nccs2)c1. The summed E-state index contributed by atoms with van der Waals surface area (Å²) >= 11 is 7.55. The molecule has 3 nitrogen and oxygen atoms in total. The Morgan fingerprint density at radius 3 is 2.90 bits per heavy atom. The second-order valence-electron chi connectivity index (χ2n) is 4.54. The van der Waals surface area contributed by atoms with Crippen LogP contribution < -0.4 is 5.32 Å². The number of aromatic hydroxyl groups is 1. The highest BCUT2D eigenvalue weighted by molar-refractivity contribution is 7.13. The summed E-state index contributed by atoms with van der Waals surface area (Å²) in [4.78, 5) is 4.30. The molecule has 0 radical (unpaired) electrons. The number of rotatable bonds is 4. The Bertz CT molecular complexity index is 744. The molecule has 0 aliphatic carbocycles. The first-order valence-electron chi connectivity index (χ1n) is 6.43. The molecule has 0 amide bonds. The van der Waals surface area contributed by atoms with Gasteiger partial charge in [-0.25, -0.2) is 4.98 Å². The quantitative estimate of drug-likeness (QED) is 0.728. The van der Waals surface area contributed by atoms with Gasteiger partial charge in [0.25, 0.3) is 0 Å². The Morgan fingerprint density at radius 2 is 2.10 bits per heavy atom. The molecule has 21 heavy (non-hydrogen) atoms. The molecule has 2 N–H and O–H groups in total. The Kier molecular flexibility index (Phi) is 4.08. The summed E-state index contributed by atoms with van der Waals surface area (Å²) in [5.74, 6) is 0.239. The van der Waals surface area contributed by atoms with E-state index in [4.69, 9.17) is 11.6 Å². The third-order valence-electron chi connectivity index (χ3n) is 3.07. The molecule has 5 heteroatoms. The van der Waals surface area contributed by atoms with Crippen molar-refractivity contribution in [1.29, 1.82) is 0 Å². The Labute approximate surface area is 131 Å². The molecule has 0 fully saturated rings. The molecule has 3 aromatic rings. The van der Waals surface area contributed by atoms with Gasteiger partial charge in [0.15, 0.2) is 0 Å². The molecule has 2 aromatic carbocycles. The molecular formula is C16H13ClN2OS. The van der Waals surface area contributed by atoms with Crippen LogP contribution in [0, 0.1) is 0 Å². The van der Waals surface area contributed by atoms with Crippen molar-refractivity contribution in [3.63, 3.8) is 0 Å². The van der Waals surface area contributed by atoms with Crippen LogP contribution in [0.2, 0.25) is 5.02 Å². The summed E-state index contributed by atoms with van der Waals surface area (Å²) in [6.45, 7) is 0.508. The summed E-state index contributed by atoms with van der Waals surface area (Å²) in [5, 5.41) is 16.7. The number of phenolic OH excluding ortho intramolecular Hbond substituents is 1. The van der Waals surface area contributed by atoms with E-state index in [0.29, 0.717) is 11.6 Å². The van der Waals surface area contributed by atoms with Crippen molar-refractivity contribution in [1.82, 2.24) is 4.98 Å². The molecule has 0 saturated carbocycles. The van der Waals surface area contributed by atoms with E-state index in [1.165, 1.54) is 0 Å². The van der Waals surface area contributed by atoms with E-state index in [2.05, 4.69) is 10.3 Å². The van der Waals surface area contributed by atoms with Crippen molar-refractivity contribution in [2.75, 3.05) is 5.32 Å². The monoisotopic (exact) mass is 316 g/mol. The van der Waals surface area contributed by atoms with Gasteiger partial charge in [-0.2, -0.15) is 0 Å². The van der Waals surface area contributed by atoms with Gasteiger partial charge < -0.3 is 10.4 Å². The van der Waals surface area contributed by atoms with Gasteiger partial charge in [-0.05, 0) is 30.3 Å². The lowest BCUT2D eigenvalue weighted by molar-refractivity contribution is 0.469. The topological polar surface area (TPSA) is 45.1 Å². The lowest BCUT2D eigenvalue weighted by Gasteiger charge is -2.09. The number of phenols is 1. The Hall–Kier alpha value is -2.04. The number of aromatic nitrogens is 1. The zero-order valence-corrected chi connectivity index (χ0v) is 12.7. The smallest absolute Gasteiger partial charge is 0.123 e. The minimum absolute atomic E-state index is 0.239. The van der Waals surface area contributed by atoms with Crippen molar-refractivity contribution >= 4 is 28.6 Å². The molecule has 106 valence electrons. The fourth-order valence-corrected chi connectivity index (χ4v) is 2.85. The maximum absolute atomic E-state index is 9.81. The van der Waals surface area contributed by atoms with Crippen molar-refractivity contribution in [2.24, 2.45) is 0 Å². The summed E-state index contributed by atoms with van der Waals surface area (Å²) in [7, 11) is 0. The molecule has 1 heterocycles. The molecule has 0 spiro atoms. The second kappa shape index (κ2) is 6.16. The minimum Gasteiger partial charge on any atom is -0.508 e. The normalized spacial score (nSPS) is 10.5. The van der Waals surface area contributed by atoms with Gasteiger partial charge >= 0.3 is 0 Å². The van der Waals surface area contributed by atoms with Crippen LogP contribution >= 0.6 is 22.9 Å². The largest absolute Gasteiger partial charge is 0.508 e. The van der Waals surface area contributed by atoms with E-state index in [1.54, 1.807) is 35.7 Å². The van der Waals surface area contributed by atoms with Gasteiger partial charge in [0.2, 0.25) is 0 Å². The standard InChI is InChI=1S/C16H13ClN2OS/c17-13-4-5-15(20)12(8-13)10-19-14-3-1-2-11(9-14)16-18-6-7-21-16/h1-9,19-20H,10H2. The number of nitrogens with one attached hydrogen (secondary N) is 1. The van der Waals surface area contributed by atoms with Crippen LogP contribution in [0.3, 0.4) is 0 Å². The predicted molar refractivity (Wildman–Crippen MR) is 88.0 cm³/mol. The van der Waals surface area contributed by atoms with Crippen molar-refractivity contribution < 1.29 is 5.11 Å². The maximum Gasteiger partial charge on any atom is 0.123 e. The van der Waals surface area contributed by atoms with Crippen LogP contribution in [0.25, 0.3) is 10.6 Å². The Balaban J connectivity index is 1.76. The number of halogens is 1. The molecule has 0 bridgehead atoms. The van der Waals surface area contributed by atoms with Crippen LogP contribution in [-0.4, -0.2) is 10.1 Å². The Morgan fingerprint density at radius 1 is 1.19 bits per heavy atom. The van der Waals surface area contributed by atoms with E-state index in [0.717, 1.165) is 21.8 Å². The van der Waals surface area contributed by atoms with Crippen molar-refractivity contribution in [2.45, 2.75) is 6.54 Å². The van der Waals surface area contributed by atoms with E-state index < -0.39 is 0 Å². The van der Waals surface area contributed by atoms with Gasteiger partial charge in [-0.15, -0.1) is 11.3 Å². The average molecular weight is 317 g/mol. The predicted octanol–water partition coefficient (Wildman–Crippen LogP) is 4.78. The highest BCUT2D eigenvalue weighted by Crippen LogP contribution is 2.26. The maximum atomic E-state index is 9.81. The molecule has 0 aliphatic rings. The van der Waals surface area contributed by atoms with Crippen molar-refractivity contribution in [3.8, 4) is 16.3 Å². The summed E-state index contributed by atoms with van der Waals surface area (Å²) in [6.07, 6.45) is 1.80. The molecule has 1 aromatic heterocycles. The average Bonchev–Trinajstić information content (AvgIpc) is 3.03. The van der Waals surface area contributed by atoms with Crippen LogP contribution in [0.5, 0.6) is 5.75 Å². The first-order chi connectivity index (χ1) is 10.2. The molecule has 3 rings (SSSR count). The number of nitrogens with zero attached hydrogens (tertiary/aromatic N) is 1. The third-order valence-corrected chi connectivity index (χ3v) is 4.12. The first kappa shape index (κ1) is 13.9. The lowest BCUT2D eigenvalue weighted by atomic mass is 10.1. The highest BCUT2D eigenvalue weighted by atomic mass is 35.5. The number of hydrogen-bond donors (Lipinski definition) is 2. The second-order valence-corrected chi connectivity index (χ2v) is 5.88. The summed E-state index contributed by atoms with van der Waals surface area (Å²) < 4.78 is 0. The van der Waals surface area contributed by atoms with E-state index in [-0.39, 0.29) is 5.75 Å². The van der Waals surface area contributed by atoms with Crippen molar-refractivity contribution in [3.05, 3.63) is 64.6 Å². The van der Waals surface area contributed by atoms with Crippen LogP contribution in [0.15, 0.2) is 54.0 Å². The zero-order valence-electron chi connectivity index (χ0n) is 11.1. The van der Waals surface area contributed by atoms with E-state index >= 15 is 0 Å². The number of thiazole rings is 1. The van der Waals surface area contributed by atoms with Gasteiger partial charge in [0.05, 0.1) is 0 Å². The minimum atomic E-state index is 0.239. The van der Waals surface area contributed by atoms with Crippen LogP contribution in [0.4, 0.5) is 5.69 Å².